The number of carbonyl (C=O) groups is 1. The van der Waals surface area contributed by atoms with Crippen LogP contribution >= 0.6 is 23.2 Å². The summed E-state index contributed by atoms with van der Waals surface area (Å²) in [6.07, 6.45) is -4.53. The molecule has 0 saturated carbocycles. The molecule has 3 aromatic carbocycles. The smallest absolute Gasteiger partial charge is 0.416 e. The van der Waals surface area contributed by atoms with Gasteiger partial charge in [0.25, 0.3) is 0 Å². The number of hydrogen-bond acceptors (Lipinski definition) is 1. The first-order chi connectivity index (χ1) is 10.7. The average Bonchev–Trinajstić information content (AvgIpc) is 2.46. The van der Waals surface area contributed by atoms with E-state index in [1.165, 1.54) is 18.2 Å². The minimum atomic E-state index is -4.53. The van der Waals surface area contributed by atoms with Crippen LogP contribution in [0, 0.1) is 0 Å². The zero-order chi connectivity index (χ0) is 16.9. The summed E-state index contributed by atoms with van der Waals surface area (Å²) in [6.45, 7) is 0. The van der Waals surface area contributed by atoms with Gasteiger partial charge >= 0.3 is 12.1 Å². The van der Waals surface area contributed by atoms with Crippen molar-refractivity contribution in [3.63, 3.8) is 0 Å². The molecule has 3 aromatic rings. The van der Waals surface area contributed by atoms with Gasteiger partial charge in [-0.25, -0.2) is 4.79 Å². The molecule has 0 spiro atoms. The molecular formula is C16H7Cl2F3O2. The Bertz CT molecular complexity index is 965. The van der Waals surface area contributed by atoms with Crippen LogP contribution in [0.15, 0.2) is 36.4 Å². The third-order valence-corrected chi connectivity index (χ3v) is 4.27. The van der Waals surface area contributed by atoms with E-state index in [9.17, 15) is 23.1 Å². The molecule has 0 aliphatic rings. The van der Waals surface area contributed by atoms with Crippen molar-refractivity contribution < 1.29 is 23.1 Å². The summed E-state index contributed by atoms with van der Waals surface area (Å²) >= 11 is 11.9. The molecule has 118 valence electrons. The largest absolute Gasteiger partial charge is 0.478 e. The molecule has 0 radical (unpaired) electrons. The van der Waals surface area contributed by atoms with Gasteiger partial charge in [-0.05, 0) is 51.9 Å². The average molecular weight is 359 g/mol. The summed E-state index contributed by atoms with van der Waals surface area (Å²) in [7, 11) is 0. The van der Waals surface area contributed by atoms with Crippen molar-refractivity contribution in [2.45, 2.75) is 6.18 Å². The molecule has 0 aromatic heterocycles. The Balaban J connectivity index is 2.52. The van der Waals surface area contributed by atoms with Crippen LogP contribution in [0.2, 0.25) is 10.0 Å². The van der Waals surface area contributed by atoms with E-state index in [1.807, 2.05) is 0 Å². The van der Waals surface area contributed by atoms with Crippen molar-refractivity contribution in [1.29, 1.82) is 0 Å². The number of hydrogen-bond donors (Lipinski definition) is 1. The summed E-state index contributed by atoms with van der Waals surface area (Å²) in [6, 6.07) is 7.18. The number of aromatic carboxylic acids is 1. The predicted molar refractivity (Wildman–Crippen MR) is 83.4 cm³/mol. The van der Waals surface area contributed by atoms with Crippen LogP contribution in [0.5, 0.6) is 0 Å². The Kier molecular flexibility index (Phi) is 3.65. The van der Waals surface area contributed by atoms with Crippen molar-refractivity contribution in [2.24, 2.45) is 0 Å². The van der Waals surface area contributed by atoms with Crippen molar-refractivity contribution in [2.75, 3.05) is 0 Å². The number of halogens is 5. The second kappa shape index (κ2) is 5.28. The molecule has 0 saturated heterocycles. The van der Waals surface area contributed by atoms with Crippen molar-refractivity contribution >= 4 is 50.7 Å². The van der Waals surface area contributed by atoms with Crippen molar-refractivity contribution in [1.82, 2.24) is 0 Å². The highest BCUT2D eigenvalue weighted by atomic mass is 35.5. The Morgan fingerprint density at radius 3 is 2.17 bits per heavy atom. The highest BCUT2D eigenvalue weighted by Crippen LogP contribution is 2.38. The van der Waals surface area contributed by atoms with Crippen LogP contribution in [0.4, 0.5) is 13.2 Å². The lowest BCUT2D eigenvalue weighted by molar-refractivity contribution is -0.137. The number of benzene rings is 3. The molecule has 0 heterocycles. The summed E-state index contributed by atoms with van der Waals surface area (Å²) in [5, 5.41) is 10.9. The van der Waals surface area contributed by atoms with E-state index in [0.717, 1.165) is 18.2 Å². The van der Waals surface area contributed by atoms with Gasteiger partial charge in [-0.1, -0.05) is 29.3 Å². The molecular weight excluding hydrogens is 352 g/mol. The van der Waals surface area contributed by atoms with E-state index < -0.39 is 17.7 Å². The van der Waals surface area contributed by atoms with Crippen molar-refractivity contribution in [3.05, 3.63) is 57.6 Å². The molecule has 0 atom stereocenters. The first-order valence-corrected chi connectivity index (χ1v) is 7.10. The predicted octanol–water partition coefficient (Wildman–Crippen LogP) is 6.02. The molecule has 23 heavy (non-hydrogen) atoms. The molecule has 0 unspecified atom stereocenters. The summed E-state index contributed by atoms with van der Waals surface area (Å²) in [4.78, 5) is 11.4. The molecule has 0 fully saturated rings. The normalized spacial score (nSPS) is 12.0. The van der Waals surface area contributed by atoms with Crippen molar-refractivity contribution in [3.8, 4) is 0 Å². The number of alkyl halides is 3. The van der Waals surface area contributed by atoms with E-state index in [-0.39, 0.29) is 26.4 Å². The van der Waals surface area contributed by atoms with E-state index in [4.69, 9.17) is 23.2 Å². The maximum Gasteiger partial charge on any atom is 0.416 e. The molecule has 3 rings (SSSR count). The fourth-order valence-corrected chi connectivity index (χ4v) is 2.84. The van der Waals surface area contributed by atoms with Gasteiger partial charge in [0.1, 0.15) is 0 Å². The molecule has 0 aliphatic heterocycles. The fraction of sp³-hybridized carbons (Fsp3) is 0.0625. The number of carboxylic acids is 1. The molecule has 7 heteroatoms. The van der Waals surface area contributed by atoms with E-state index in [2.05, 4.69) is 0 Å². The van der Waals surface area contributed by atoms with Gasteiger partial charge in [0, 0.05) is 0 Å². The highest BCUT2D eigenvalue weighted by molar-refractivity contribution is 6.43. The van der Waals surface area contributed by atoms with Gasteiger partial charge in [0.15, 0.2) is 0 Å². The maximum absolute atomic E-state index is 13.0. The third kappa shape index (κ3) is 2.71. The third-order valence-electron chi connectivity index (χ3n) is 3.55. The van der Waals surface area contributed by atoms with E-state index in [1.54, 1.807) is 0 Å². The zero-order valence-corrected chi connectivity index (χ0v) is 12.7. The van der Waals surface area contributed by atoms with Gasteiger partial charge in [-0.2, -0.15) is 13.2 Å². The Morgan fingerprint density at radius 1 is 0.913 bits per heavy atom. The molecule has 2 nitrogen and oxygen atoms in total. The maximum atomic E-state index is 13.0. The van der Waals surface area contributed by atoms with E-state index in [0.29, 0.717) is 10.8 Å². The molecule has 1 N–H and O–H groups in total. The monoisotopic (exact) mass is 358 g/mol. The SMILES string of the molecule is O=C(O)c1cc2cc(Cl)c(Cl)cc2c2cc(C(F)(F)F)ccc12. The minimum absolute atomic E-state index is 0.0976. The number of fused-ring (bicyclic) bond motifs is 3. The first-order valence-electron chi connectivity index (χ1n) is 6.34. The van der Waals surface area contributed by atoms with E-state index >= 15 is 0 Å². The van der Waals surface area contributed by atoms with Crippen LogP contribution in [-0.4, -0.2) is 11.1 Å². The van der Waals surface area contributed by atoms with Gasteiger partial charge < -0.3 is 5.11 Å². The standard InChI is InChI=1S/C16H7Cl2F3O2/c17-13-4-7-3-12(15(22)23)9-2-1-8(16(19,20)21)5-11(9)10(7)6-14(13)18/h1-6H,(H,22,23). The van der Waals surface area contributed by atoms with Crippen LogP contribution in [0.25, 0.3) is 21.5 Å². The number of rotatable bonds is 1. The summed E-state index contributed by atoms with van der Waals surface area (Å²) in [5.74, 6) is -1.23. The Hall–Kier alpha value is -1.98. The van der Waals surface area contributed by atoms with Crippen LogP contribution < -0.4 is 0 Å². The molecule has 0 amide bonds. The lowest BCUT2D eigenvalue weighted by Gasteiger charge is -2.12. The van der Waals surface area contributed by atoms with Crippen LogP contribution in [0.1, 0.15) is 15.9 Å². The lowest BCUT2D eigenvalue weighted by atomic mass is 9.95. The summed E-state index contributed by atoms with van der Waals surface area (Å²) in [5.41, 5.74) is -0.959. The van der Waals surface area contributed by atoms with Gasteiger partial charge in [0.05, 0.1) is 21.2 Å². The minimum Gasteiger partial charge on any atom is -0.478 e. The molecule has 0 bridgehead atoms. The van der Waals surface area contributed by atoms with Gasteiger partial charge in [-0.3, -0.25) is 0 Å². The van der Waals surface area contributed by atoms with Gasteiger partial charge in [0.2, 0.25) is 0 Å². The second-order valence-electron chi connectivity index (χ2n) is 4.97. The first kappa shape index (κ1) is 15.9. The number of carboxylic acid groups (broad SMARTS) is 1. The quantitative estimate of drug-likeness (QED) is 0.540. The van der Waals surface area contributed by atoms with Crippen LogP contribution in [0.3, 0.4) is 0 Å². The van der Waals surface area contributed by atoms with Crippen LogP contribution in [-0.2, 0) is 6.18 Å². The fourth-order valence-electron chi connectivity index (χ4n) is 2.50. The topological polar surface area (TPSA) is 37.3 Å². The highest BCUT2D eigenvalue weighted by Gasteiger charge is 2.31. The second-order valence-corrected chi connectivity index (χ2v) is 5.79. The summed E-state index contributed by atoms with van der Waals surface area (Å²) < 4.78 is 38.9. The van der Waals surface area contributed by atoms with Gasteiger partial charge in [-0.15, -0.1) is 0 Å². The lowest BCUT2D eigenvalue weighted by Crippen LogP contribution is -2.05. The Morgan fingerprint density at radius 2 is 1.57 bits per heavy atom. The Labute approximate surface area is 138 Å². The zero-order valence-electron chi connectivity index (χ0n) is 11.2. The molecule has 0 aliphatic carbocycles.